The molecule has 0 atom stereocenters. The standard InChI is InChI=1S/C15H33N3/c1-4-17(5-2)12-7-13-18(6-3)14-15-8-10-16-11-9-15/h15-16H,4-14H2,1-3H3. The second-order valence-corrected chi connectivity index (χ2v) is 5.47. The Kier molecular flexibility index (Phi) is 8.64. The fourth-order valence-corrected chi connectivity index (χ4v) is 2.87. The summed E-state index contributed by atoms with van der Waals surface area (Å²) in [5.41, 5.74) is 0. The van der Waals surface area contributed by atoms with Crippen LogP contribution in [0.3, 0.4) is 0 Å². The molecule has 1 aliphatic rings. The Labute approximate surface area is 114 Å². The van der Waals surface area contributed by atoms with Crippen molar-refractivity contribution in [1.29, 1.82) is 0 Å². The van der Waals surface area contributed by atoms with E-state index in [4.69, 9.17) is 0 Å². The van der Waals surface area contributed by atoms with Gasteiger partial charge in [-0.25, -0.2) is 0 Å². The lowest BCUT2D eigenvalue weighted by Gasteiger charge is -2.30. The third-order valence-electron chi connectivity index (χ3n) is 4.27. The van der Waals surface area contributed by atoms with Gasteiger partial charge in [0.2, 0.25) is 0 Å². The molecule has 0 aliphatic carbocycles. The van der Waals surface area contributed by atoms with Crippen LogP contribution < -0.4 is 5.32 Å². The van der Waals surface area contributed by atoms with E-state index >= 15 is 0 Å². The minimum Gasteiger partial charge on any atom is -0.317 e. The molecule has 3 nitrogen and oxygen atoms in total. The molecule has 1 heterocycles. The van der Waals surface area contributed by atoms with Gasteiger partial charge in [-0.1, -0.05) is 20.8 Å². The van der Waals surface area contributed by atoms with Crippen molar-refractivity contribution >= 4 is 0 Å². The highest BCUT2D eigenvalue weighted by Gasteiger charge is 2.15. The first kappa shape index (κ1) is 15.9. The second kappa shape index (κ2) is 9.76. The van der Waals surface area contributed by atoms with Crippen LogP contribution in [0.1, 0.15) is 40.0 Å². The van der Waals surface area contributed by atoms with Crippen molar-refractivity contribution < 1.29 is 0 Å². The summed E-state index contributed by atoms with van der Waals surface area (Å²) < 4.78 is 0. The second-order valence-electron chi connectivity index (χ2n) is 5.47. The molecule has 0 radical (unpaired) electrons. The minimum absolute atomic E-state index is 0.930. The molecule has 1 saturated heterocycles. The molecular weight excluding hydrogens is 222 g/mol. The zero-order valence-electron chi connectivity index (χ0n) is 12.7. The van der Waals surface area contributed by atoms with Crippen LogP contribution in [0.2, 0.25) is 0 Å². The van der Waals surface area contributed by atoms with Crippen molar-refractivity contribution in [2.75, 3.05) is 52.4 Å². The zero-order valence-corrected chi connectivity index (χ0v) is 12.7. The molecule has 0 amide bonds. The molecule has 108 valence electrons. The van der Waals surface area contributed by atoms with Crippen LogP contribution in [-0.2, 0) is 0 Å². The van der Waals surface area contributed by atoms with Crippen molar-refractivity contribution in [3.05, 3.63) is 0 Å². The molecule has 18 heavy (non-hydrogen) atoms. The number of hydrogen-bond acceptors (Lipinski definition) is 3. The van der Waals surface area contributed by atoms with E-state index in [1.54, 1.807) is 0 Å². The Bertz CT molecular complexity index is 186. The predicted octanol–water partition coefficient (Wildman–Crippen LogP) is 2.04. The van der Waals surface area contributed by atoms with Crippen LogP contribution in [-0.4, -0.2) is 62.2 Å². The summed E-state index contributed by atoms with van der Waals surface area (Å²) in [7, 11) is 0. The maximum absolute atomic E-state index is 3.45. The number of piperidine rings is 1. The van der Waals surface area contributed by atoms with Gasteiger partial charge in [0, 0.05) is 6.54 Å². The highest BCUT2D eigenvalue weighted by atomic mass is 15.1. The molecule has 1 aliphatic heterocycles. The van der Waals surface area contributed by atoms with E-state index in [1.165, 1.54) is 71.6 Å². The minimum atomic E-state index is 0.930. The normalized spacial score (nSPS) is 17.8. The third-order valence-corrected chi connectivity index (χ3v) is 4.27. The van der Waals surface area contributed by atoms with Gasteiger partial charge in [0.05, 0.1) is 0 Å². The lowest BCUT2D eigenvalue weighted by atomic mass is 9.97. The molecule has 1 N–H and O–H groups in total. The fraction of sp³-hybridized carbons (Fsp3) is 1.00. The smallest absolute Gasteiger partial charge is 0.00105 e. The predicted molar refractivity (Wildman–Crippen MR) is 80.1 cm³/mol. The summed E-state index contributed by atoms with van der Waals surface area (Å²) >= 11 is 0. The summed E-state index contributed by atoms with van der Waals surface area (Å²) in [4.78, 5) is 5.18. The van der Waals surface area contributed by atoms with E-state index < -0.39 is 0 Å². The fourth-order valence-electron chi connectivity index (χ4n) is 2.87. The zero-order chi connectivity index (χ0) is 13.2. The van der Waals surface area contributed by atoms with Gasteiger partial charge >= 0.3 is 0 Å². The monoisotopic (exact) mass is 255 g/mol. The summed E-state index contributed by atoms with van der Waals surface area (Å²) in [5.74, 6) is 0.930. The van der Waals surface area contributed by atoms with Gasteiger partial charge in [-0.05, 0) is 71.0 Å². The lowest BCUT2D eigenvalue weighted by Crippen LogP contribution is -2.37. The third kappa shape index (κ3) is 6.17. The van der Waals surface area contributed by atoms with Crippen LogP contribution in [0, 0.1) is 5.92 Å². The van der Waals surface area contributed by atoms with E-state index in [-0.39, 0.29) is 0 Å². The van der Waals surface area contributed by atoms with Gasteiger partial charge in [-0.2, -0.15) is 0 Å². The first-order valence-corrected chi connectivity index (χ1v) is 7.95. The van der Waals surface area contributed by atoms with Gasteiger partial charge in [0.1, 0.15) is 0 Å². The average molecular weight is 255 g/mol. The van der Waals surface area contributed by atoms with Gasteiger partial charge < -0.3 is 15.1 Å². The Morgan fingerprint density at radius 1 is 0.889 bits per heavy atom. The number of nitrogens with zero attached hydrogens (tertiary/aromatic N) is 2. The van der Waals surface area contributed by atoms with E-state index in [0.29, 0.717) is 0 Å². The maximum atomic E-state index is 3.45. The highest BCUT2D eigenvalue weighted by Crippen LogP contribution is 2.13. The summed E-state index contributed by atoms with van der Waals surface area (Å²) in [6.07, 6.45) is 4.06. The molecule has 0 saturated carbocycles. The molecular formula is C15H33N3. The Morgan fingerprint density at radius 2 is 1.44 bits per heavy atom. The first-order chi connectivity index (χ1) is 8.80. The van der Waals surface area contributed by atoms with E-state index in [0.717, 1.165) is 5.92 Å². The topological polar surface area (TPSA) is 18.5 Å². The Balaban J connectivity index is 2.16. The quantitative estimate of drug-likeness (QED) is 0.680. The van der Waals surface area contributed by atoms with Crippen molar-refractivity contribution in [3.8, 4) is 0 Å². The van der Waals surface area contributed by atoms with Gasteiger partial charge in [-0.3, -0.25) is 0 Å². The van der Waals surface area contributed by atoms with Crippen LogP contribution >= 0.6 is 0 Å². The summed E-state index contributed by atoms with van der Waals surface area (Å²) in [5, 5.41) is 3.45. The SMILES string of the molecule is CCN(CC)CCCN(CC)CC1CCNCC1. The maximum Gasteiger partial charge on any atom is 0.00105 e. The lowest BCUT2D eigenvalue weighted by molar-refractivity contribution is 0.198. The molecule has 0 unspecified atom stereocenters. The van der Waals surface area contributed by atoms with Crippen LogP contribution in [0.5, 0.6) is 0 Å². The van der Waals surface area contributed by atoms with E-state index in [9.17, 15) is 0 Å². The van der Waals surface area contributed by atoms with Crippen molar-refractivity contribution in [2.24, 2.45) is 5.92 Å². The highest BCUT2D eigenvalue weighted by molar-refractivity contribution is 4.72. The molecule has 0 spiro atoms. The Morgan fingerprint density at radius 3 is 2.00 bits per heavy atom. The van der Waals surface area contributed by atoms with Crippen molar-refractivity contribution in [1.82, 2.24) is 15.1 Å². The van der Waals surface area contributed by atoms with Gasteiger partial charge in [0.15, 0.2) is 0 Å². The first-order valence-electron chi connectivity index (χ1n) is 7.95. The van der Waals surface area contributed by atoms with Gasteiger partial charge in [0.25, 0.3) is 0 Å². The van der Waals surface area contributed by atoms with Crippen LogP contribution in [0.15, 0.2) is 0 Å². The van der Waals surface area contributed by atoms with Crippen molar-refractivity contribution in [2.45, 2.75) is 40.0 Å². The molecule has 0 bridgehead atoms. The van der Waals surface area contributed by atoms with Crippen molar-refractivity contribution in [3.63, 3.8) is 0 Å². The summed E-state index contributed by atoms with van der Waals surface area (Å²) in [6.45, 7) is 16.7. The number of nitrogens with one attached hydrogen (secondary N) is 1. The average Bonchev–Trinajstić information content (AvgIpc) is 2.43. The summed E-state index contributed by atoms with van der Waals surface area (Å²) in [6, 6.07) is 0. The number of rotatable bonds is 9. The molecule has 1 rings (SSSR count). The largest absolute Gasteiger partial charge is 0.317 e. The van der Waals surface area contributed by atoms with Crippen LogP contribution in [0.25, 0.3) is 0 Å². The van der Waals surface area contributed by atoms with Crippen LogP contribution in [0.4, 0.5) is 0 Å². The Hall–Kier alpha value is -0.120. The molecule has 1 fully saturated rings. The molecule has 0 aromatic rings. The molecule has 0 aromatic heterocycles. The van der Waals surface area contributed by atoms with E-state index in [1.807, 2.05) is 0 Å². The van der Waals surface area contributed by atoms with Gasteiger partial charge in [-0.15, -0.1) is 0 Å². The molecule has 3 heteroatoms. The number of hydrogen-bond donors (Lipinski definition) is 1. The molecule has 0 aromatic carbocycles. The van der Waals surface area contributed by atoms with E-state index in [2.05, 4.69) is 35.9 Å².